The van der Waals surface area contributed by atoms with Gasteiger partial charge in [0.2, 0.25) is 0 Å². The van der Waals surface area contributed by atoms with E-state index in [0.29, 0.717) is 11.7 Å². The molecule has 1 aromatic rings. The summed E-state index contributed by atoms with van der Waals surface area (Å²) in [4.78, 5) is 0. The van der Waals surface area contributed by atoms with Gasteiger partial charge in [-0.15, -0.1) is 0 Å². The molecule has 0 bridgehead atoms. The summed E-state index contributed by atoms with van der Waals surface area (Å²) in [6, 6.07) is 5.11. The number of hydrogen-bond acceptors (Lipinski definition) is 0. The van der Waals surface area contributed by atoms with Gasteiger partial charge in [-0.1, -0.05) is 0 Å². The van der Waals surface area contributed by atoms with E-state index in [4.69, 9.17) is 0 Å². The maximum absolute atomic E-state index is 2.59. The summed E-state index contributed by atoms with van der Waals surface area (Å²) in [5, 5.41) is 0. The quantitative estimate of drug-likeness (QED) is 0.480. The van der Waals surface area contributed by atoms with Crippen molar-refractivity contribution in [1.29, 1.82) is 0 Å². The van der Waals surface area contributed by atoms with Gasteiger partial charge >= 0.3 is 172 Å². The third-order valence-electron chi connectivity index (χ3n) is 7.56. The number of hydrogen-bond donors (Lipinski definition) is 0. The Hall–Kier alpha value is -0.677. The number of fused-ring (bicyclic) bond motifs is 2. The van der Waals surface area contributed by atoms with Crippen LogP contribution in [0.25, 0.3) is 6.08 Å². The van der Waals surface area contributed by atoms with Gasteiger partial charge in [-0.3, -0.25) is 0 Å². The molecule has 4 rings (SSSR count). The SMILES string of the molecule is CC1=C(C)[C](C)([Zr][C]2(C)C=Cc3cc4c(cc32)CC(C)(C)C4)C(C)=C1C. The van der Waals surface area contributed by atoms with Crippen molar-refractivity contribution in [2.75, 3.05) is 0 Å². The fourth-order valence-corrected chi connectivity index (χ4v) is 11.1. The standard InChI is InChI=1S/C15H17.C10H15.Zr/c1-10-4-5-11-6-12-8-15(2,3)9-13(12)7-14(10)11;1-6-7(2)9(4)10(5)8(6)3;/h4-7H,8-9H2,1-3H3;1-5H3;. The first-order valence-electron chi connectivity index (χ1n) is 9.98. The summed E-state index contributed by atoms with van der Waals surface area (Å²) >= 11 is -0.802. The van der Waals surface area contributed by atoms with E-state index in [-0.39, 0.29) is 0 Å². The zero-order valence-corrected chi connectivity index (χ0v) is 20.2. The van der Waals surface area contributed by atoms with Crippen molar-refractivity contribution < 1.29 is 23.2 Å². The van der Waals surface area contributed by atoms with Crippen molar-refractivity contribution in [2.45, 2.75) is 74.5 Å². The second-order valence-electron chi connectivity index (χ2n) is 10.0. The van der Waals surface area contributed by atoms with Crippen molar-refractivity contribution >= 4 is 6.08 Å². The van der Waals surface area contributed by atoms with Gasteiger partial charge in [0.15, 0.2) is 0 Å². The van der Waals surface area contributed by atoms with Crippen LogP contribution in [0.5, 0.6) is 0 Å². The van der Waals surface area contributed by atoms with Crippen LogP contribution in [0.3, 0.4) is 0 Å². The van der Waals surface area contributed by atoms with Crippen LogP contribution in [-0.4, -0.2) is 0 Å². The van der Waals surface area contributed by atoms with E-state index in [9.17, 15) is 0 Å². The molecule has 0 aromatic heterocycles. The van der Waals surface area contributed by atoms with E-state index in [2.05, 4.69) is 79.7 Å². The molecule has 1 heteroatoms. The molecule has 0 saturated carbocycles. The molecule has 0 radical (unpaired) electrons. The van der Waals surface area contributed by atoms with E-state index in [1.807, 2.05) is 0 Å². The van der Waals surface area contributed by atoms with Gasteiger partial charge in [0, 0.05) is 0 Å². The zero-order valence-electron chi connectivity index (χ0n) is 17.7. The zero-order chi connectivity index (χ0) is 19.1. The molecule has 1 aromatic carbocycles. The molecule has 0 saturated heterocycles. The summed E-state index contributed by atoms with van der Waals surface area (Å²) in [5.74, 6) is 0. The molecular weight excluding hydrogens is 391 g/mol. The molecule has 0 spiro atoms. The van der Waals surface area contributed by atoms with Crippen LogP contribution in [0.2, 0.25) is 3.12 Å². The molecule has 26 heavy (non-hydrogen) atoms. The Balaban J connectivity index is 1.75. The summed E-state index contributed by atoms with van der Waals surface area (Å²) in [7, 11) is 0. The summed E-state index contributed by atoms with van der Waals surface area (Å²) in [6.07, 6.45) is 7.46. The molecular formula is C25H32Zr. The second-order valence-corrected chi connectivity index (χ2v) is 15.6. The van der Waals surface area contributed by atoms with Crippen molar-refractivity contribution in [1.82, 2.24) is 0 Å². The van der Waals surface area contributed by atoms with Gasteiger partial charge in [-0.05, 0) is 0 Å². The molecule has 0 amide bonds. The van der Waals surface area contributed by atoms with E-state index < -0.39 is 23.2 Å². The molecule has 0 nitrogen and oxygen atoms in total. The Kier molecular flexibility index (Phi) is 4.07. The number of allylic oxidation sites excluding steroid dienone is 5. The summed E-state index contributed by atoms with van der Waals surface area (Å²) < 4.78 is 0.638. The Morgan fingerprint density at radius 2 is 1.35 bits per heavy atom. The molecule has 1 unspecified atom stereocenters. The van der Waals surface area contributed by atoms with Crippen molar-refractivity contribution in [3.63, 3.8) is 0 Å². The average molecular weight is 424 g/mol. The first kappa shape index (κ1) is 18.7. The minimum atomic E-state index is -0.802. The van der Waals surface area contributed by atoms with E-state index in [1.54, 1.807) is 39.0 Å². The van der Waals surface area contributed by atoms with Crippen molar-refractivity contribution in [3.8, 4) is 0 Å². The molecule has 0 aliphatic heterocycles. The predicted octanol–water partition coefficient (Wildman–Crippen LogP) is 7.00. The molecule has 1 atom stereocenters. The fraction of sp³-hybridized carbons (Fsp3) is 0.520. The van der Waals surface area contributed by atoms with Crippen molar-refractivity contribution in [3.05, 3.63) is 62.8 Å². The topological polar surface area (TPSA) is 0 Å². The minimum absolute atomic E-state index is 0.294. The second kappa shape index (κ2) is 5.67. The first-order chi connectivity index (χ1) is 12.0. The Morgan fingerprint density at radius 3 is 1.92 bits per heavy atom. The first-order valence-corrected chi connectivity index (χ1v) is 12.4. The van der Waals surface area contributed by atoms with Gasteiger partial charge in [0.1, 0.15) is 0 Å². The van der Waals surface area contributed by atoms with Crippen LogP contribution < -0.4 is 0 Å². The Bertz CT molecular complexity index is 882. The van der Waals surface area contributed by atoms with Gasteiger partial charge < -0.3 is 0 Å². The van der Waals surface area contributed by atoms with Crippen LogP contribution in [0.1, 0.15) is 77.6 Å². The molecule has 0 heterocycles. The van der Waals surface area contributed by atoms with Crippen LogP contribution in [0, 0.1) is 5.41 Å². The monoisotopic (exact) mass is 422 g/mol. The van der Waals surface area contributed by atoms with Crippen LogP contribution in [0.15, 0.2) is 40.5 Å². The van der Waals surface area contributed by atoms with E-state index >= 15 is 0 Å². The fourth-order valence-electron chi connectivity index (χ4n) is 5.47. The molecule has 3 aliphatic carbocycles. The Morgan fingerprint density at radius 1 is 0.808 bits per heavy atom. The average Bonchev–Trinajstić information content (AvgIpc) is 3.08. The van der Waals surface area contributed by atoms with Crippen molar-refractivity contribution in [2.24, 2.45) is 5.41 Å². The number of benzene rings is 1. The third-order valence-corrected chi connectivity index (χ3v) is 13.0. The van der Waals surface area contributed by atoms with Crippen LogP contribution in [-0.2, 0) is 39.2 Å². The summed E-state index contributed by atoms with van der Waals surface area (Å²) in [5.41, 5.74) is 13.2. The molecule has 0 N–H and O–H groups in total. The molecule has 0 fully saturated rings. The van der Waals surface area contributed by atoms with Crippen LogP contribution >= 0.6 is 0 Å². The third kappa shape index (κ3) is 2.56. The van der Waals surface area contributed by atoms with Gasteiger partial charge in [0.25, 0.3) is 0 Å². The predicted molar refractivity (Wildman–Crippen MR) is 109 cm³/mol. The number of rotatable bonds is 2. The van der Waals surface area contributed by atoms with E-state index in [0.717, 1.165) is 0 Å². The Labute approximate surface area is 171 Å². The van der Waals surface area contributed by atoms with E-state index in [1.165, 1.54) is 18.4 Å². The van der Waals surface area contributed by atoms with Crippen LogP contribution in [0.4, 0.5) is 0 Å². The summed E-state index contributed by atoms with van der Waals surface area (Å²) in [6.45, 7) is 19.3. The van der Waals surface area contributed by atoms with Gasteiger partial charge in [-0.2, -0.15) is 0 Å². The van der Waals surface area contributed by atoms with Gasteiger partial charge in [0.05, 0.1) is 0 Å². The normalized spacial score (nSPS) is 28.0. The maximum atomic E-state index is 2.59. The molecule has 136 valence electrons. The van der Waals surface area contributed by atoms with Gasteiger partial charge in [-0.25, -0.2) is 0 Å². The molecule has 3 aliphatic rings.